The maximum atomic E-state index is 12.7. The quantitative estimate of drug-likeness (QED) is 0.563. The van der Waals surface area contributed by atoms with Crippen LogP contribution in [0.2, 0.25) is 0 Å². The number of morpholine rings is 1. The van der Waals surface area contributed by atoms with Crippen molar-refractivity contribution in [1.29, 1.82) is 0 Å². The van der Waals surface area contributed by atoms with Crippen molar-refractivity contribution in [2.45, 2.75) is 43.9 Å². The second-order valence-electron chi connectivity index (χ2n) is 7.81. The first-order valence-corrected chi connectivity index (χ1v) is 11.3. The van der Waals surface area contributed by atoms with Gasteiger partial charge in [-0.3, -0.25) is 4.79 Å². The number of amides is 1. The van der Waals surface area contributed by atoms with E-state index in [0.29, 0.717) is 36.3 Å². The molecular formula is C22H26F3N3O3S. The van der Waals surface area contributed by atoms with Crippen LogP contribution in [0.4, 0.5) is 13.2 Å². The largest absolute Gasteiger partial charge is 0.475 e. The molecule has 32 heavy (non-hydrogen) atoms. The molecule has 6 nitrogen and oxygen atoms in total. The number of nitrogens with zero attached hydrogens (tertiary/aromatic N) is 3. The molecule has 1 aromatic carbocycles. The van der Waals surface area contributed by atoms with Crippen molar-refractivity contribution in [3.8, 4) is 5.88 Å². The lowest BCUT2D eigenvalue weighted by Gasteiger charge is -2.32. The minimum atomic E-state index is -4.37. The average Bonchev–Trinajstić information content (AvgIpc) is 2.75. The minimum Gasteiger partial charge on any atom is -0.475 e. The van der Waals surface area contributed by atoms with Crippen molar-refractivity contribution in [1.82, 2.24) is 14.9 Å². The molecule has 0 radical (unpaired) electrons. The van der Waals surface area contributed by atoms with Gasteiger partial charge in [-0.15, -0.1) is 11.8 Å². The van der Waals surface area contributed by atoms with Crippen LogP contribution in [-0.4, -0.2) is 58.9 Å². The number of aryl methyl sites for hydroxylation is 1. The van der Waals surface area contributed by atoms with Gasteiger partial charge in [0.15, 0.2) is 0 Å². The fourth-order valence-electron chi connectivity index (χ4n) is 3.10. The van der Waals surface area contributed by atoms with Gasteiger partial charge in [0.05, 0.1) is 24.5 Å². The zero-order chi connectivity index (χ0) is 23.3. The number of rotatable bonds is 7. The molecule has 1 atom stereocenters. The zero-order valence-corrected chi connectivity index (χ0v) is 19.0. The Morgan fingerprint density at radius 3 is 2.66 bits per heavy atom. The Morgan fingerprint density at radius 2 is 2.00 bits per heavy atom. The number of thioether (sulfide) groups is 1. The molecule has 0 saturated carbocycles. The van der Waals surface area contributed by atoms with Gasteiger partial charge in [0, 0.05) is 29.1 Å². The van der Waals surface area contributed by atoms with Gasteiger partial charge in [-0.25, -0.2) is 4.98 Å². The van der Waals surface area contributed by atoms with E-state index in [2.05, 4.69) is 9.97 Å². The lowest BCUT2D eigenvalue weighted by molar-refractivity contribution is -0.138. The Bertz CT molecular complexity index is 923. The van der Waals surface area contributed by atoms with Gasteiger partial charge in [0.1, 0.15) is 18.5 Å². The van der Waals surface area contributed by atoms with E-state index in [-0.39, 0.29) is 30.3 Å². The van der Waals surface area contributed by atoms with Crippen molar-refractivity contribution >= 4 is 17.7 Å². The van der Waals surface area contributed by atoms with E-state index in [1.165, 1.54) is 23.9 Å². The first-order chi connectivity index (χ1) is 15.1. The summed E-state index contributed by atoms with van der Waals surface area (Å²) in [6.07, 6.45) is -4.66. The molecule has 1 aliphatic rings. The summed E-state index contributed by atoms with van der Waals surface area (Å²) >= 11 is 1.21. The third-order valence-corrected chi connectivity index (χ3v) is 5.81. The summed E-state index contributed by atoms with van der Waals surface area (Å²) in [4.78, 5) is 23.7. The number of carbonyl (C=O) groups excluding carboxylic acids is 1. The monoisotopic (exact) mass is 469 g/mol. The molecule has 1 fully saturated rings. The molecular weight excluding hydrogens is 443 g/mol. The van der Waals surface area contributed by atoms with Gasteiger partial charge < -0.3 is 14.4 Å². The predicted molar refractivity (Wildman–Crippen MR) is 115 cm³/mol. The normalized spacial score (nSPS) is 17.0. The number of hydrogen-bond donors (Lipinski definition) is 0. The minimum absolute atomic E-state index is 0.0943. The van der Waals surface area contributed by atoms with E-state index in [9.17, 15) is 18.0 Å². The number of benzene rings is 1. The molecule has 3 rings (SSSR count). The summed E-state index contributed by atoms with van der Waals surface area (Å²) in [6, 6.07) is 6.57. The molecule has 174 valence electrons. The number of hydrogen-bond acceptors (Lipinski definition) is 6. The molecule has 1 amide bonds. The van der Waals surface area contributed by atoms with Gasteiger partial charge in [0.25, 0.3) is 0 Å². The van der Waals surface area contributed by atoms with Crippen LogP contribution >= 0.6 is 11.8 Å². The smallest absolute Gasteiger partial charge is 0.416 e. The lowest BCUT2D eigenvalue weighted by Crippen LogP contribution is -2.48. The first kappa shape index (κ1) is 24.3. The van der Waals surface area contributed by atoms with Crippen LogP contribution in [0.5, 0.6) is 5.88 Å². The Morgan fingerprint density at radius 1 is 1.28 bits per heavy atom. The van der Waals surface area contributed by atoms with Crippen LogP contribution in [0.25, 0.3) is 0 Å². The Kier molecular flexibility index (Phi) is 8.00. The summed E-state index contributed by atoms with van der Waals surface area (Å²) in [7, 11) is 0. The SMILES string of the molecule is Cc1cc(OCC2CN(C(=O)CSc3ccc(C(F)(F)F)cc3)CCO2)nc(C(C)C)n1. The summed E-state index contributed by atoms with van der Waals surface area (Å²) in [5.41, 5.74) is 0.115. The summed E-state index contributed by atoms with van der Waals surface area (Å²) in [5.74, 6) is 1.41. The molecule has 1 aromatic heterocycles. The maximum Gasteiger partial charge on any atom is 0.416 e. The maximum absolute atomic E-state index is 12.7. The van der Waals surface area contributed by atoms with Crippen LogP contribution < -0.4 is 4.74 Å². The first-order valence-electron chi connectivity index (χ1n) is 10.3. The Hall–Kier alpha value is -2.33. The van der Waals surface area contributed by atoms with Crippen molar-refractivity contribution < 1.29 is 27.4 Å². The molecule has 0 spiro atoms. The Balaban J connectivity index is 1.49. The van der Waals surface area contributed by atoms with Gasteiger partial charge in [-0.05, 0) is 31.2 Å². The highest BCUT2D eigenvalue weighted by Crippen LogP contribution is 2.30. The molecule has 2 aromatic rings. The molecule has 10 heteroatoms. The van der Waals surface area contributed by atoms with Crippen LogP contribution in [0, 0.1) is 6.92 Å². The molecule has 1 aliphatic heterocycles. The summed E-state index contributed by atoms with van der Waals surface area (Å²) in [5, 5.41) is 0. The van der Waals surface area contributed by atoms with E-state index >= 15 is 0 Å². The second kappa shape index (κ2) is 10.5. The van der Waals surface area contributed by atoms with E-state index < -0.39 is 11.7 Å². The third kappa shape index (κ3) is 6.83. The van der Waals surface area contributed by atoms with Crippen molar-refractivity contribution in [3.63, 3.8) is 0 Å². The Labute approximate surface area is 189 Å². The molecule has 0 N–H and O–H groups in total. The molecule has 1 unspecified atom stereocenters. The van der Waals surface area contributed by atoms with E-state index in [1.807, 2.05) is 20.8 Å². The molecule has 0 aliphatic carbocycles. The molecule has 1 saturated heterocycles. The molecule has 0 bridgehead atoms. The highest BCUT2D eigenvalue weighted by atomic mass is 32.2. The summed E-state index contributed by atoms with van der Waals surface area (Å²) < 4.78 is 49.5. The molecule has 2 heterocycles. The lowest BCUT2D eigenvalue weighted by atomic mass is 10.2. The highest BCUT2D eigenvalue weighted by molar-refractivity contribution is 8.00. The number of alkyl halides is 3. The van der Waals surface area contributed by atoms with E-state index in [1.54, 1.807) is 11.0 Å². The van der Waals surface area contributed by atoms with Crippen LogP contribution in [0.3, 0.4) is 0 Å². The van der Waals surface area contributed by atoms with Crippen molar-refractivity contribution in [2.75, 3.05) is 32.1 Å². The highest BCUT2D eigenvalue weighted by Gasteiger charge is 2.30. The van der Waals surface area contributed by atoms with Crippen LogP contribution in [0.1, 0.15) is 36.8 Å². The number of ether oxygens (including phenoxy) is 2. The summed E-state index contributed by atoms with van der Waals surface area (Å²) in [6.45, 7) is 7.39. The zero-order valence-electron chi connectivity index (χ0n) is 18.2. The topological polar surface area (TPSA) is 64.5 Å². The average molecular weight is 470 g/mol. The number of halogens is 3. The predicted octanol–water partition coefficient (Wildman–Crippen LogP) is 4.33. The van der Waals surface area contributed by atoms with Gasteiger partial charge in [0.2, 0.25) is 11.8 Å². The van der Waals surface area contributed by atoms with Crippen LogP contribution in [-0.2, 0) is 15.7 Å². The van der Waals surface area contributed by atoms with Gasteiger partial charge in [-0.2, -0.15) is 18.2 Å². The number of carbonyl (C=O) groups is 1. The second-order valence-corrected chi connectivity index (χ2v) is 8.86. The fraction of sp³-hybridized carbons (Fsp3) is 0.500. The standard InChI is InChI=1S/C22H26F3N3O3S/c1-14(2)21-26-15(3)10-19(27-21)31-12-17-11-28(8-9-30-17)20(29)13-32-18-6-4-16(5-7-18)22(23,24)25/h4-7,10,14,17H,8-9,11-13H2,1-3H3. The third-order valence-electron chi connectivity index (χ3n) is 4.82. The fourth-order valence-corrected chi connectivity index (χ4v) is 3.90. The number of aromatic nitrogens is 2. The van der Waals surface area contributed by atoms with Crippen molar-refractivity contribution in [3.05, 3.63) is 47.4 Å². The van der Waals surface area contributed by atoms with E-state index in [0.717, 1.165) is 17.8 Å². The van der Waals surface area contributed by atoms with Crippen molar-refractivity contribution in [2.24, 2.45) is 0 Å². The van der Waals surface area contributed by atoms with Gasteiger partial charge >= 0.3 is 6.18 Å². The van der Waals surface area contributed by atoms with Crippen LogP contribution in [0.15, 0.2) is 35.2 Å². The van der Waals surface area contributed by atoms with E-state index in [4.69, 9.17) is 9.47 Å². The van der Waals surface area contributed by atoms with Gasteiger partial charge in [-0.1, -0.05) is 13.8 Å².